The molecular weight excluding hydrogens is 549 g/mol. The van der Waals surface area contributed by atoms with Crippen LogP contribution in [0.3, 0.4) is 0 Å². The van der Waals surface area contributed by atoms with Gasteiger partial charge in [-0.1, -0.05) is 115 Å². The highest BCUT2D eigenvalue weighted by Crippen LogP contribution is 2.53. The SMILES string of the molecule is CCOP(=O)(Cc1ccccc1)Cc1ccc(C[C@H](NC(=O)OCc2ccccc2)C(=O)OCc2ccccc2)cc1. The smallest absolute Gasteiger partial charge is 0.408 e. The number of ether oxygens (including phenoxy) is 2. The van der Waals surface area contributed by atoms with Crippen LogP contribution in [0.4, 0.5) is 4.79 Å². The van der Waals surface area contributed by atoms with Crippen LogP contribution in [0.25, 0.3) is 0 Å². The third-order valence-electron chi connectivity index (χ3n) is 6.53. The third-order valence-corrected chi connectivity index (χ3v) is 8.95. The van der Waals surface area contributed by atoms with Gasteiger partial charge < -0.3 is 19.3 Å². The summed E-state index contributed by atoms with van der Waals surface area (Å²) in [5, 5.41) is 2.67. The van der Waals surface area contributed by atoms with Crippen molar-refractivity contribution >= 4 is 19.4 Å². The lowest BCUT2D eigenvalue weighted by molar-refractivity contribution is -0.147. The molecule has 0 aliphatic rings. The molecule has 0 aromatic heterocycles. The van der Waals surface area contributed by atoms with Crippen LogP contribution in [0.1, 0.15) is 34.7 Å². The zero-order valence-electron chi connectivity index (χ0n) is 23.7. The summed E-state index contributed by atoms with van der Waals surface area (Å²) in [6, 6.07) is 34.8. The number of amides is 1. The van der Waals surface area contributed by atoms with Gasteiger partial charge in [-0.3, -0.25) is 4.57 Å². The van der Waals surface area contributed by atoms with Gasteiger partial charge in [-0.2, -0.15) is 0 Å². The highest BCUT2D eigenvalue weighted by atomic mass is 31.2. The molecule has 1 N–H and O–H groups in total. The quantitative estimate of drug-likeness (QED) is 0.124. The van der Waals surface area contributed by atoms with E-state index in [-0.39, 0.29) is 19.6 Å². The van der Waals surface area contributed by atoms with Gasteiger partial charge in [0.2, 0.25) is 7.37 Å². The lowest BCUT2D eigenvalue weighted by Gasteiger charge is -2.19. The van der Waals surface area contributed by atoms with Crippen LogP contribution >= 0.6 is 7.37 Å². The Bertz CT molecular complexity index is 1450. The monoisotopic (exact) mass is 585 g/mol. The molecule has 0 aliphatic heterocycles. The summed E-state index contributed by atoms with van der Waals surface area (Å²) < 4.78 is 30.3. The highest BCUT2D eigenvalue weighted by Gasteiger charge is 2.26. The van der Waals surface area contributed by atoms with Gasteiger partial charge in [-0.15, -0.1) is 0 Å². The topological polar surface area (TPSA) is 90.9 Å². The van der Waals surface area contributed by atoms with Crippen molar-refractivity contribution in [1.82, 2.24) is 5.32 Å². The molecule has 1 unspecified atom stereocenters. The highest BCUT2D eigenvalue weighted by molar-refractivity contribution is 7.57. The van der Waals surface area contributed by atoms with Crippen LogP contribution in [0.2, 0.25) is 0 Å². The number of carbonyl (C=O) groups is 2. The molecule has 0 saturated heterocycles. The van der Waals surface area contributed by atoms with E-state index < -0.39 is 25.5 Å². The molecule has 218 valence electrons. The Hall–Kier alpha value is -4.19. The number of carbonyl (C=O) groups excluding carboxylic acids is 2. The molecule has 0 bridgehead atoms. The molecule has 42 heavy (non-hydrogen) atoms. The van der Waals surface area contributed by atoms with Crippen LogP contribution in [0.15, 0.2) is 115 Å². The molecule has 4 aromatic rings. The largest absolute Gasteiger partial charge is 0.459 e. The van der Waals surface area contributed by atoms with Crippen molar-refractivity contribution in [2.75, 3.05) is 6.61 Å². The lowest BCUT2D eigenvalue weighted by atomic mass is 10.0. The van der Waals surface area contributed by atoms with Gasteiger partial charge in [-0.25, -0.2) is 9.59 Å². The molecule has 0 heterocycles. The third kappa shape index (κ3) is 10.0. The molecule has 0 saturated carbocycles. The minimum Gasteiger partial charge on any atom is -0.459 e. The van der Waals surface area contributed by atoms with Crippen molar-refractivity contribution in [1.29, 1.82) is 0 Å². The number of hydrogen-bond donors (Lipinski definition) is 1. The number of alkyl carbamates (subject to hydrolysis) is 1. The molecule has 0 fully saturated rings. The van der Waals surface area contributed by atoms with E-state index >= 15 is 0 Å². The van der Waals surface area contributed by atoms with Gasteiger partial charge in [0.25, 0.3) is 0 Å². The van der Waals surface area contributed by atoms with E-state index in [0.29, 0.717) is 18.9 Å². The maximum atomic E-state index is 13.6. The molecular formula is C34H36NO6P. The van der Waals surface area contributed by atoms with Crippen LogP contribution in [0.5, 0.6) is 0 Å². The summed E-state index contributed by atoms with van der Waals surface area (Å²) >= 11 is 0. The minimum atomic E-state index is -2.96. The predicted octanol–water partition coefficient (Wildman–Crippen LogP) is 7.28. The maximum absolute atomic E-state index is 13.6. The summed E-state index contributed by atoms with van der Waals surface area (Å²) in [5.74, 6) is -0.566. The molecule has 0 radical (unpaired) electrons. The van der Waals surface area contributed by atoms with Gasteiger partial charge in [0.1, 0.15) is 19.3 Å². The van der Waals surface area contributed by atoms with Crippen molar-refractivity contribution in [2.24, 2.45) is 0 Å². The van der Waals surface area contributed by atoms with Gasteiger partial charge >= 0.3 is 12.1 Å². The zero-order valence-corrected chi connectivity index (χ0v) is 24.6. The summed E-state index contributed by atoms with van der Waals surface area (Å²) in [5.41, 5.74) is 4.31. The van der Waals surface area contributed by atoms with Crippen molar-refractivity contribution in [3.8, 4) is 0 Å². The predicted molar refractivity (Wildman–Crippen MR) is 163 cm³/mol. The first-order valence-corrected chi connectivity index (χ1v) is 15.9. The van der Waals surface area contributed by atoms with Crippen molar-refractivity contribution in [3.63, 3.8) is 0 Å². The summed E-state index contributed by atoms with van der Waals surface area (Å²) in [4.78, 5) is 25.7. The molecule has 2 atom stereocenters. The van der Waals surface area contributed by atoms with E-state index in [1.165, 1.54) is 0 Å². The second-order valence-corrected chi connectivity index (χ2v) is 12.4. The second kappa shape index (κ2) is 15.7. The van der Waals surface area contributed by atoms with E-state index in [9.17, 15) is 14.2 Å². The van der Waals surface area contributed by atoms with Gasteiger partial charge in [0.15, 0.2) is 0 Å². The first-order valence-electron chi connectivity index (χ1n) is 13.9. The summed E-state index contributed by atoms with van der Waals surface area (Å²) in [6.45, 7) is 2.37. The number of hydrogen-bond acceptors (Lipinski definition) is 6. The Morgan fingerprint density at radius 1 is 0.643 bits per heavy atom. The average Bonchev–Trinajstić information content (AvgIpc) is 3.01. The molecule has 1 amide bonds. The number of benzene rings is 4. The van der Waals surface area contributed by atoms with E-state index in [2.05, 4.69) is 5.32 Å². The minimum absolute atomic E-state index is 0.0794. The van der Waals surface area contributed by atoms with Crippen molar-refractivity contribution in [3.05, 3.63) is 143 Å². The molecule has 7 nitrogen and oxygen atoms in total. The van der Waals surface area contributed by atoms with E-state index in [4.69, 9.17) is 14.0 Å². The Balaban J connectivity index is 1.42. The molecule has 4 aromatic carbocycles. The summed E-state index contributed by atoms with van der Waals surface area (Å²) in [6.07, 6.45) is 0.133. The standard InChI is InChI=1S/C34H36NO6P/c1-2-41-42(38,25-30-16-10-5-11-17-30)26-31-20-18-27(19-21-31)22-32(33(36)39-23-28-12-6-3-7-13-28)35-34(37)40-24-29-14-8-4-9-15-29/h3-21,32H,2,22-26H2,1H3,(H,35,37)/t32-,42?/m0/s1. The fourth-order valence-electron chi connectivity index (χ4n) is 4.47. The molecule has 8 heteroatoms. The van der Waals surface area contributed by atoms with Crippen molar-refractivity contribution in [2.45, 2.75) is 44.9 Å². The molecule has 0 spiro atoms. The van der Waals surface area contributed by atoms with Crippen LogP contribution in [-0.4, -0.2) is 24.7 Å². The fourth-order valence-corrected chi connectivity index (χ4v) is 6.77. The van der Waals surface area contributed by atoms with Crippen molar-refractivity contribution < 1.29 is 28.2 Å². The second-order valence-electron chi connectivity index (χ2n) is 9.91. The average molecular weight is 586 g/mol. The normalized spacial score (nSPS) is 13.0. The maximum Gasteiger partial charge on any atom is 0.408 e. The van der Waals surface area contributed by atoms with Crippen LogP contribution < -0.4 is 5.32 Å². The first-order chi connectivity index (χ1) is 20.4. The summed E-state index contributed by atoms with van der Waals surface area (Å²) in [7, 11) is -2.96. The van der Waals surface area contributed by atoms with E-state index in [1.54, 1.807) is 0 Å². The van der Waals surface area contributed by atoms with E-state index in [1.807, 2.05) is 122 Å². The van der Waals surface area contributed by atoms with Gasteiger partial charge in [0, 0.05) is 6.42 Å². The Morgan fingerprint density at radius 2 is 1.10 bits per heavy atom. The molecule has 4 rings (SSSR count). The van der Waals surface area contributed by atoms with Gasteiger partial charge in [0.05, 0.1) is 18.9 Å². The Labute approximate surface area is 247 Å². The van der Waals surface area contributed by atoms with E-state index in [0.717, 1.165) is 27.8 Å². The Kier molecular flexibility index (Phi) is 11.5. The van der Waals surface area contributed by atoms with Crippen LogP contribution in [0, 0.1) is 0 Å². The Morgan fingerprint density at radius 3 is 1.62 bits per heavy atom. The first kappa shape index (κ1) is 30.8. The molecule has 0 aliphatic carbocycles. The number of esters is 1. The van der Waals surface area contributed by atoms with Crippen LogP contribution in [-0.2, 0) is 55.3 Å². The lowest BCUT2D eigenvalue weighted by Crippen LogP contribution is -2.43. The fraction of sp³-hybridized carbons (Fsp3) is 0.235. The number of nitrogens with one attached hydrogen (secondary N) is 1. The zero-order chi connectivity index (χ0) is 29.6. The number of rotatable bonds is 14. The van der Waals surface area contributed by atoms with Gasteiger partial charge in [-0.05, 0) is 34.7 Å².